The van der Waals surface area contributed by atoms with E-state index in [0.29, 0.717) is 5.92 Å². The van der Waals surface area contributed by atoms with Gasteiger partial charge in [-0.15, -0.1) is 0 Å². The molecule has 2 aliphatic heterocycles. The van der Waals surface area contributed by atoms with Crippen molar-refractivity contribution in [1.82, 2.24) is 15.1 Å². The summed E-state index contributed by atoms with van der Waals surface area (Å²) in [5.74, 6) is 0.518. The van der Waals surface area contributed by atoms with Crippen LogP contribution in [0.25, 0.3) is 0 Å². The van der Waals surface area contributed by atoms with Gasteiger partial charge in [-0.3, -0.25) is 0 Å². The zero-order valence-corrected chi connectivity index (χ0v) is 22.7. The molecule has 0 bridgehead atoms. The van der Waals surface area contributed by atoms with Gasteiger partial charge < -0.3 is 15.1 Å². The van der Waals surface area contributed by atoms with Crippen molar-refractivity contribution in [3.63, 3.8) is 0 Å². The van der Waals surface area contributed by atoms with E-state index in [4.69, 9.17) is 0 Å². The molecule has 0 atom stereocenters. The second-order valence-corrected chi connectivity index (χ2v) is 10.4. The zero-order valence-electron chi connectivity index (χ0n) is 21.9. The molecule has 2 fully saturated rings. The molecular formula is C30H47N3S. The fourth-order valence-electron chi connectivity index (χ4n) is 4.65. The van der Waals surface area contributed by atoms with Crippen molar-refractivity contribution in [2.75, 3.05) is 33.2 Å². The third-order valence-corrected chi connectivity index (χ3v) is 7.79. The van der Waals surface area contributed by atoms with Gasteiger partial charge in [0.15, 0.2) is 0 Å². The number of hydrogen-bond donors (Lipinski definition) is 1. The third-order valence-electron chi connectivity index (χ3n) is 6.86. The summed E-state index contributed by atoms with van der Waals surface area (Å²) >= 11 is 1.63. The summed E-state index contributed by atoms with van der Waals surface area (Å²) in [6, 6.07) is 0.763. The smallest absolute Gasteiger partial charge is 0.0123 e. The minimum Gasteiger partial charge on any atom is -0.363 e. The highest BCUT2D eigenvalue weighted by molar-refractivity contribution is 8.06. The molecule has 0 aliphatic carbocycles. The van der Waals surface area contributed by atoms with E-state index in [0.717, 1.165) is 39.1 Å². The Balaban J connectivity index is 0.00000612. The van der Waals surface area contributed by atoms with Gasteiger partial charge in [0.05, 0.1) is 0 Å². The van der Waals surface area contributed by atoms with Gasteiger partial charge in [-0.25, -0.2) is 0 Å². The van der Waals surface area contributed by atoms with E-state index in [2.05, 4.69) is 73.6 Å². The van der Waals surface area contributed by atoms with Gasteiger partial charge >= 0.3 is 0 Å². The molecule has 3 nitrogen and oxygen atoms in total. The van der Waals surface area contributed by atoms with Gasteiger partial charge in [-0.05, 0) is 114 Å². The minimum absolute atomic E-state index is 0. The van der Waals surface area contributed by atoms with E-state index < -0.39 is 0 Å². The standard InChI is InChI=1S/C30H45N3S.H2/c1-9-20-34-26(7)27(11-3)22-29(23(4)10-2)21-24(5)31-25(6)28-12-18-33(19-13-28)30-14-16-32(8)17-15-30;/h9-11,20-22,28,30-31H,2,4,6-7,12-19H2,1,3,5,8H3;1H/b20-9+,24-21+,27-11+,29-22-;. The molecule has 0 radical (unpaired) electrons. The van der Waals surface area contributed by atoms with E-state index >= 15 is 0 Å². The molecule has 0 aromatic rings. The van der Waals surface area contributed by atoms with Crippen molar-refractivity contribution in [2.24, 2.45) is 5.92 Å². The number of piperidine rings is 2. The number of thioether (sulfide) groups is 1. The lowest BCUT2D eigenvalue weighted by molar-refractivity contribution is 0.0905. The van der Waals surface area contributed by atoms with Crippen molar-refractivity contribution in [3.05, 3.63) is 95.1 Å². The first kappa shape index (κ1) is 28.2. The molecule has 0 aromatic heterocycles. The topological polar surface area (TPSA) is 18.5 Å². The maximum atomic E-state index is 4.40. The minimum atomic E-state index is 0. The number of hydrogen-bond acceptors (Lipinski definition) is 4. The number of nitrogens with one attached hydrogen (secondary N) is 1. The van der Waals surface area contributed by atoms with Crippen LogP contribution in [-0.4, -0.2) is 49.1 Å². The van der Waals surface area contributed by atoms with Gasteiger partial charge in [-0.1, -0.05) is 56.3 Å². The van der Waals surface area contributed by atoms with Crippen LogP contribution in [0.2, 0.25) is 0 Å². The number of nitrogens with zero attached hydrogens (tertiary/aromatic N) is 2. The molecule has 188 valence electrons. The van der Waals surface area contributed by atoms with Crippen LogP contribution in [0.4, 0.5) is 0 Å². The Labute approximate surface area is 214 Å². The Hall–Kier alpha value is -2.01. The molecule has 34 heavy (non-hydrogen) atoms. The lowest BCUT2D eigenvalue weighted by Gasteiger charge is -2.41. The summed E-state index contributed by atoms with van der Waals surface area (Å²) in [6.07, 6.45) is 15.2. The molecule has 0 spiro atoms. The first-order chi connectivity index (χ1) is 16.3. The van der Waals surface area contributed by atoms with Crippen LogP contribution >= 0.6 is 11.8 Å². The van der Waals surface area contributed by atoms with E-state index in [1.807, 2.05) is 25.3 Å². The fraction of sp³-hybridized carbons (Fsp3) is 0.467. The Morgan fingerprint density at radius 2 is 1.62 bits per heavy atom. The van der Waals surface area contributed by atoms with E-state index in [1.54, 1.807) is 17.8 Å². The largest absolute Gasteiger partial charge is 0.363 e. The highest BCUT2D eigenvalue weighted by atomic mass is 32.2. The van der Waals surface area contributed by atoms with Crippen LogP contribution in [0.3, 0.4) is 0 Å². The summed E-state index contributed by atoms with van der Waals surface area (Å²) in [5.41, 5.74) is 5.20. The summed E-state index contributed by atoms with van der Waals surface area (Å²) in [4.78, 5) is 6.17. The Morgan fingerprint density at radius 1 is 0.971 bits per heavy atom. The van der Waals surface area contributed by atoms with E-state index in [1.165, 1.54) is 51.9 Å². The summed E-state index contributed by atoms with van der Waals surface area (Å²) < 4.78 is 0. The molecular weight excluding hydrogens is 434 g/mol. The van der Waals surface area contributed by atoms with Crippen molar-refractivity contribution in [3.8, 4) is 0 Å². The average Bonchev–Trinajstić information content (AvgIpc) is 2.85. The molecule has 1 N–H and O–H groups in total. The molecule has 0 aromatic carbocycles. The zero-order chi connectivity index (χ0) is 25.1. The van der Waals surface area contributed by atoms with Crippen molar-refractivity contribution in [2.45, 2.75) is 52.5 Å². The third kappa shape index (κ3) is 8.65. The van der Waals surface area contributed by atoms with Crippen molar-refractivity contribution >= 4 is 11.8 Å². The molecule has 0 amide bonds. The van der Waals surface area contributed by atoms with Gasteiger partial charge in [0.25, 0.3) is 0 Å². The van der Waals surface area contributed by atoms with Gasteiger partial charge in [0.2, 0.25) is 0 Å². The lowest BCUT2D eigenvalue weighted by atomic mass is 9.91. The van der Waals surface area contributed by atoms with Crippen LogP contribution in [0.1, 0.15) is 47.9 Å². The first-order valence-electron chi connectivity index (χ1n) is 12.5. The molecule has 0 saturated carbocycles. The summed E-state index contributed by atoms with van der Waals surface area (Å²) in [5, 5.41) is 5.63. The lowest BCUT2D eigenvalue weighted by Crippen LogP contribution is -2.47. The molecule has 0 unspecified atom stereocenters. The van der Waals surface area contributed by atoms with E-state index in [-0.39, 0.29) is 1.43 Å². The maximum Gasteiger partial charge on any atom is 0.0123 e. The predicted molar refractivity (Wildman–Crippen MR) is 156 cm³/mol. The number of likely N-dealkylation sites (tertiary alicyclic amines) is 2. The van der Waals surface area contributed by atoms with Crippen molar-refractivity contribution in [1.29, 1.82) is 0 Å². The van der Waals surface area contributed by atoms with Gasteiger partial charge in [-0.2, -0.15) is 0 Å². The molecule has 4 heteroatoms. The monoisotopic (exact) mass is 481 g/mol. The number of rotatable bonds is 11. The SMILES string of the molecule is C=CC(=C)C(=C\C(=C/C)C(=C)S/C=C/C)/C=C(\C)NC(=C)C1CCN(C2CCN(C)CC2)CC1.[HH]. The normalized spacial score (nSPS) is 20.5. The Kier molecular flexibility index (Phi) is 12.0. The van der Waals surface area contributed by atoms with Crippen LogP contribution in [0.5, 0.6) is 0 Å². The highest BCUT2D eigenvalue weighted by Crippen LogP contribution is 2.29. The first-order valence-corrected chi connectivity index (χ1v) is 13.4. The Morgan fingerprint density at radius 3 is 2.18 bits per heavy atom. The fourth-order valence-corrected chi connectivity index (χ4v) is 5.27. The molecule has 2 saturated heterocycles. The van der Waals surface area contributed by atoms with Crippen LogP contribution in [-0.2, 0) is 0 Å². The van der Waals surface area contributed by atoms with Crippen LogP contribution in [0.15, 0.2) is 95.1 Å². The highest BCUT2D eigenvalue weighted by Gasteiger charge is 2.28. The van der Waals surface area contributed by atoms with Gasteiger partial charge in [0.1, 0.15) is 0 Å². The summed E-state index contributed by atoms with van der Waals surface area (Å²) in [7, 11) is 2.23. The average molecular weight is 482 g/mol. The quantitative estimate of drug-likeness (QED) is 0.309. The number of allylic oxidation sites excluding steroid dienone is 10. The maximum absolute atomic E-state index is 4.40. The molecule has 2 rings (SSSR count). The Bertz CT molecular complexity index is 864. The second-order valence-electron chi connectivity index (χ2n) is 9.41. The van der Waals surface area contributed by atoms with Crippen LogP contribution < -0.4 is 5.32 Å². The van der Waals surface area contributed by atoms with Crippen molar-refractivity contribution < 1.29 is 1.43 Å². The van der Waals surface area contributed by atoms with Crippen LogP contribution in [0, 0.1) is 5.92 Å². The van der Waals surface area contributed by atoms with Gasteiger partial charge in [0, 0.05) is 29.7 Å². The molecule has 2 heterocycles. The summed E-state index contributed by atoms with van der Waals surface area (Å²) in [6.45, 7) is 27.7. The molecule has 2 aliphatic rings. The predicted octanol–water partition coefficient (Wildman–Crippen LogP) is 7.44. The van der Waals surface area contributed by atoms with E-state index in [9.17, 15) is 0 Å². The second kappa shape index (κ2) is 14.4.